The van der Waals surface area contributed by atoms with Gasteiger partial charge in [-0.15, -0.1) is 0 Å². The van der Waals surface area contributed by atoms with Gasteiger partial charge in [-0.2, -0.15) is 0 Å². The van der Waals surface area contributed by atoms with Crippen molar-refractivity contribution in [1.82, 2.24) is 0 Å². The van der Waals surface area contributed by atoms with Crippen LogP contribution in [0.1, 0.15) is 36.1 Å². The molecule has 0 aliphatic carbocycles. The van der Waals surface area contributed by atoms with E-state index in [-0.39, 0.29) is 6.04 Å². The number of aryl methyl sites for hydroxylation is 1. The van der Waals surface area contributed by atoms with Crippen LogP contribution < -0.4 is 10.6 Å². The fourth-order valence-electron chi connectivity index (χ4n) is 3.12. The topological polar surface area (TPSA) is 29.3 Å². The Morgan fingerprint density at radius 2 is 1.95 bits per heavy atom. The summed E-state index contributed by atoms with van der Waals surface area (Å²) >= 11 is 0. The van der Waals surface area contributed by atoms with Gasteiger partial charge in [0.2, 0.25) is 0 Å². The van der Waals surface area contributed by atoms with Crippen LogP contribution in [0.3, 0.4) is 0 Å². The molecule has 110 valence electrons. The number of hydrogen-bond donors (Lipinski definition) is 1. The highest BCUT2D eigenvalue weighted by atomic mass is 15.1. The van der Waals surface area contributed by atoms with Gasteiger partial charge in [0.05, 0.1) is 0 Å². The van der Waals surface area contributed by atoms with E-state index in [2.05, 4.69) is 60.4 Å². The first-order chi connectivity index (χ1) is 10.2. The second-order valence-electron chi connectivity index (χ2n) is 6.00. The molecule has 0 fully saturated rings. The molecule has 3 rings (SSSR count). The molecule has 1 aliphatic rings. The first-order valence-electron chi connectivity index (χ1n) is 7.91. The molecule has 1 heterocycles. The first-order valence-corrected chi connectivity index (χ1v) is 7.91. The average Bonchev–Trinajstić information content (AvgIpc) is 2.53. The first kappa shape index (κ1) is 14.2. The molecule has 0 radical (unpaired) electrons. The standard InChI is InChI=1S/C19H24N2/c1-15(20)17-9-10-19-18(14-17)8-5-12-21(19)13-11-16-6-3-2-4-7-16/h2-4,6-7,9-10,14-15H,5,8,11-13,20H2,1H3. The van der Waals surface area contributed by atoms with Gasteiger partial charge in [-0.05, 0) is 48.9 Å². The Bertz CT molecular complexity index is 590. The lowest BCUT2D eigenvalue weighted by atomic mass is 9.96. The zero-order valence-electron chi connectivity index (χ0n) is 12.8. The van der Waals surface area contributed by atoms with Gasteiger partial charge in [0.15, 0.2) is 0 Å². The number of rotatable bonds is 4. The quantitative estimate of drug-likeness (QED) is 0.925. The Balaban J connectivity index is 1.74. The predicted molar refractivity (Wildman–Crippen MR) is 89.7 cm³/mol. The third kappa shape index (κ3) is 3.27. The Morgan fingerprint density at radius 3 is 2.71 bits per heavy atom. The maximum atomic E-state index is 6.00. The molecule has 0 saturated heterocycles. The van der Waals surface area contributed by atoms with E-state index < -0.39 is 0 Å². The highest BCUT2D eigenvalue weighted by molar-refractivity contribution is 5.57. The number of anilines is 1. The molecule has 1 unspecified atom stereocenters. The molecule has 0 spiro atoms. The molecular weight excluding hydrogens is 256 g/mol. The van der Waals surface area contributed by atoms with Crippen molar-refractivity contribution in [3.63, 3.8) is 0 Å². The van der Waals surface area contributed by atoms with Crippen LogP contribution in [0.25, 0.3) is 0 Å². The summed E-state index contributed by atoms with van der Waals surface area (Å²) < 4.78 is 0. The molecule has 2 aromatic carbocycles. The van der Waals surface area contributed by atoms with Gasteiger partial charge in [0, 0.05) is 24.8 Å². The highest BCUT2D eigenvalue weighted by Crippen LogP contribution is 2.29. The number of hydrogen-bond acceptors (Lipinski definition) is 2. The molecule has 0 saturated carbocycles. The van der Waals surface area contributed by atoms with Gasteiger partial charge in [-0.3, -0.25) is 0 Å². The summed E-state index contributed by atoms with van der Waals surface area (Å²) in [7, 11) is 0. The second-order valence-corrected chi connectivity index (χ2v) is 6.00. The van der Waals surface area contributed by atoms with E-state index in [1.54, 1.807) is 0 Å². The molecule has 2 N–H and O–H groups in total. The van der Waals surface area contributed by atoms with Crippen molar-refractivity contribution in [3.8, 4) is 0 Å². The summed E-state index contributed by atoms with van der Waals surface area (Å²) in [5, 5.41) is 0. The summed E-state index contributed by atoms with van der Waals surface area (Å²) in [6.07, 6.45) is 3.53. The van der Waals surface area contributed by atoms with Crippen LogP contribution in [0, 0.1) is 0 Å². The summed E-state index contributed by atoms with van der Waals surface area (Å²) in [4.78, 5) is 2.52. The van der Waals surface area contributed by atoms with Crippen LogP contribution in [0.4, 0.5) is 5.69 Å². The third-order valence-corrected chi connectivity index (χ3v) is 4.36. The largest absolute Gasteiger partial charge is 0.371 e. The molecule has 2 aromatic rings. The molecule has 2 nitrogen and oxygen atoms in total. The van der Waals surface area contributed by atoms with Gasteiger partial charge in [-0.1, -0.05) is 42.5 Å². The third-order valence-electron chi connectivity index (χ3n) is 4.36. The number of fused-ring (bicyclic) bond motifs is 1. The van der Waals surface area contributed by atoms with E-state index in [1.165, 1.54) is 35.2 Å². The molecule has 0 amide bonds. The Morgan fingerprint density at radius 1 is 1.14 bits per heavy atom. The number of nitrogens with zero attached hydrogens (tertiary/aromatic N) is 1. The fourth-order valence-corrected chi connectivity index (χ4v) is 3.12. The van der Waals surface area contributed by atoms with Crippen molar-refractivity contribution < 1.29 is 0 Å². The van der Waals surface area contributed by atoms with Crippen LogP contribution >= 0.6 is 0 Å². The molecule has 0 bridgehead atoms. The minimum Gasteiger partial charge on any atom is -0.371 e. The van der Waals surface area contributed by atoms with Crippen LogP contribution in [0.2, 0.25) is 0 Å². The average molecular weight is 280 g/mol. The molecule has 0 aromatic heterocycles. The Labute approximate surface area is 127 Å². The maximum Gasteiger partial charge on any atom is 0.0399 e. The van der Waals surface area contributed by atoms with Gasteiger partial charge in [0.25, 0.3) is 0 Å². The summed E-state index contributed by atoms with van der Waals surface area (Å²) in [6, 6.07) is 17.6. The van der Waals surface area contributed by atoms with Crippen LogP contribution in [-0.4, -0.2) is 13.1 Å². The summed E-state index contributed by atoms with van der Waals surface area (Å²) in [5.74, 6) is 0. The molecule has 21 heavy (non-hydrogen) atoms. The van der Waals surface area contributed by atoms with Crippen LogP contribution in [-0.2, 0) is 12.8 Å². The van der Waals surface area contributed by atoms with Crippen LogP contribution in [0.15, 0.2) is 48.5 Å². The SMILES string of the molecule is CC(N)c1ccc2c(c1)CCCN2CCc1ccccc1. The molecule has 1 atom stereocenters. The van der Waals surface area contributed by atoms with Crippen molar-refractivity contribution in [2.75, 3.05) is 18.0 Å². The summed E-state index contributed by atoms with van der Waals surface area (Å²) in [6.45, 7) is 4.31. The van der Waals surface area contributed by atoms with Crippen molar-refractivity contribution in [2.45, 2.75) is 32.2 Å². The monoisotopic (exact) mass is 280 g/mol. The van der Waals surface area contributed by atoms with E-state index in [0.717, 1.165) is 19.5 Å². The summed E-state index contributed by atoms with van der Waals surface area (Å²) in [5.41, 5.74) is 11.5. The van der Waals surface area contributed by atoms with Crippen molar-refractivity contribution in [3.05, 3.63) is 65.2 Å². The molecule has 1 aliphatic heterocycles. The van der Waals surface area contributed by atoms with E-state index in [9.17, 15) is 0 Å². The lowest BCUT2D eigenvalue weighted by Crippen LogP contribution is -2.31. The zero-order valence-corrected chi connectivity index (χ0v) is 12.8. The van der Waals surface area contributed by atoms with Crippen molar-refractivity contribution >= 4 is 5.69 Å². The van der Waals surface area contributed by atoms with E-state index in [1.807, 2.05) is 0 Å². The number of nitrogens with two attached hydrogens (primary N) is 1. The Hall–Kier alpha value is -1.80. The number of benzene rings is 2. The van der Waals surface area contributed by atoms with Crippen LogP contribution in [0.5, 0.6) is 0 Å². The predicted octanol–water partition coefficient (Wildman–Crippen LogP) is 3.70. The lowest BCUT2D eigenvalue weighted by molar-refractivity contribution is 0.685. The van der Waals surface area contributed by atoms with E-state index >= 15 is 0 Å². The normalized spacial score (nSPS) is 15.6. The Kier molecular flexibility index (Phi) is 4.26. The maximum absolute atomic E-state index is 6.00. The van der Waals surface area contributed by atoms with Gasteiger partial charge in [-0.25, -0.2) is 0 Å². The van der Waals surface area contributed by atoms with Gasteiger partial charge in [0.1, 0.15) is 0 Å². The smallest absolute Gasteiger partial charge is 0.0399 e. The zero-order chi connectivity index (χ0) is 14.7. The lowest BCUT2D eigenvalue weighted by Gasteiger charge is -2.32. The fraction of sp³-hybridized carbons (Fsp3) is 0.368. The minimum atomic E-state index is 0.120. The van der Waals surface area contributed by atoms with E-state index in [0.29, 0.717) is 0 Å². The van der Waals surface area contributed by atoms with E-state index in [4.69, 9.17) is 5.73 Å². The van der Waals surface area contributed by atoms with Gasteiger partial charge < -0.3 is 10.6 Å². The van der Waals surface area contributed by atoms with Gasteiger partial charge >= 0.3 is 0 Å². The van der Waals surface area contributed by atoms with Crippen molar-refractivity contribution in [2.24, 2.45) is 5.73 Å². The minimum absolute atomic E-state index is 0.120. The molecular formula is C19H24N2. The van der Waals surface area contributed by atoms with Crippen molar-refractivity contribution in [1.29, 1.82) is 0 Å². The molecule has 2 heteroatoms. The second kappa shape index (κ2) is 6.31. The highest BCUT2D eigenvalue weighted by Gasteiger charge is 2.17.